The van der Waals surface area contributed by atoms with E-state index in [1.165, 1.54) is 18.7 Å². The topological polar surface area (TPSA) is 84.9 Å². The zero-order valence-electron chi connectivity index (χ0n) is 17.2. The fourth-order valence-corrected chi connectivity index (χ4v) is 2.91. The first kappa shape index (κ1) is 21.9. The number of benzene rings is 2. The monoisotopic (exact) mass is 398 g/mol. The highest BCUT2D eigenvalue weighted by Crippen LogP contribution is 2.27. The second kappa shape index (κ2) is 10.3. The highest BCUT2D eigenvalue weighted by atomic mass is 16.5. The second-order valence-corrected chi connectivity index (χ2v) is 6.49. The Bertz CT molecular complexity index is 895. The Morgan fingerprint density at radius 1 is 0.966 bits per heavy atom. The maximum Gasteiger partial charge on any atom is 0.224 e. The Morgan fingerprint density at radius 3 is 2.31 bits per heavy atom. The molecule has 2 amide bonds. The number of ketones is 1. The van der Waals surface area contributed by atoms with Crippen molar-refractivity contribution in [2.75, 3.05) is 32.2 Å². The highest BCUT2D eigenvalue weighted by Gasteiger charge is 2.14. The Kier molecular flexibility index (Phi) is 7.77. The Morgan fingerprint density at radius 2 is 1.69 bits per heavy atom. The van der Waals surface area contributed by atoms with E-state index in [1.54, 1.807) is 56.7 Å². The second-order valence-electron chi connectivity index (χ2n) is 6.49. The molecule has 154 valence electrons. The highest BCUT2D eigenvalue weighted by molar-refractivity contribution is 5.97. The third kappa shape index (κ3) is 6.07. The molecule has 2 rings (SSSR count). The third-order valence-electron chi connectivity index (χ3n) is 4.41. The number of nitrogens with one attached hydrogen (secondary N) is 1. The summed E-state index contributed by atoms with van der Waals surface area (Å²) in [6, 6.07) is 12.2. The molecule has 0 atom stereocenters. The Labute approximate surface area is 170 Å². The van der Waals surface area contributed by atoms with Crippen LogP contribution in [0.15, 0.2) is 42.5 Å². The molecule has 0 fully saturated rings. The number of hydrogen-bond donors (Lipinski definition) is 1. The number of carbonyl (C=O) groups excluding carboxylic acids is 3. The Balaban J connectivity index is 1.96. The van der Waals surface area contributed by atoms with Crippen molar-refractivity contribution in [3.63, 3.8) is 0 Å². The molecule has 2 aromatic carbocycles. The standard InChI is InChI=1S/C22H26N2O5/c1-15(25)18-6-5-7-19(14-18)24(16(2)26)11-10-23-22(27)13-17-8-9-20(28-3)21(12-17)29-4/h5-9,12,14H,10-11,13H2,1-4H3,(H,23,27). The molecule has 0 heterocycles. The smallest absolute Gasteiger partial charge is 0.224 e. The van der Waals surface area contributed by atoms with Gasteiger partial charge in [0.2, 0.25) is 11.8 Å². The number of amides is 2. The van der Waals surface area contributed by atoms with E-state index in [2.05, 4.69) is 5.32 Å². The van der Waals surface area contributed by atoms with Gasteiger partial charge in [0.25, 0.3) is 0 Å². The molecule has 0 aliphatic carbocycles. The van der Waals surface area contributed by atoms with Gasteiger partial charge in [0.1, 0.15) is 0 Å². The average Bonchev–Trinajstić information content (AvgIpc) is 2.70. The molecule has 29 heavy (non-hydrogen) atoms. The summed E-state index contributed by atoms with van der Waals surface area (Å²) >= 11 is 0. The molecule has 1 N–H and O–H groups in total. The van der Waals surface area contributed by atoms with Crippen LogP contribution < -0.4 is 19.7 Å². The quantitative estimate of drug-likeness (QED) is 0.657. The molecule has 7 nitrogen and oxygen atoms in total. The number of anilines is 1. The molecule has 2 aromatic rings. The lowest BCUT2D eigenvalue weighted by Gasteiger charge is -2.22. The molecule has 0 aliphatic rings. The first-order chi connectivity index (χ1) is 13.8. The van der Waals surface area contributed by atoms with Crippen LogP contribution in [0, 0.1) is 0 Å². The fraction of sp³-hybridized carbons (Fsp3) is 0.318. The van der Waals surface area contributed by atoms with E-state index >= 15 is 0 Å². The van der Waals surface area contributed by atoms with E-state index in [4.69, 9.17) is 9.47 Å². The van der Waals surface area contributed by atoms with Crippen LogP contribution >= 0.6 is 0 Å². The van der Waals surface area contributed by atoms with Gasteiger partial charge in [0.15, 0.2) is 17.3 Å². The van der Waals surface area contributed by atoms with Crippen molar-refractivity contribution in [1.29, 1.82) is 0 Å². The zero-order chi connectivity index (χ0) is 21.4. The van der Waals surface area contributed by atoms with E-state index in [9.17, 15) is 14.4 Å². The van der Waals surface area contributed by atoms with Gasteiger partial charge >= 0.3 is 0 Å². The van der Waals surface area contributed by atoms with Crippen LogP contribution in [-0.4, -0.2) is 44.9 Å². The molecule has 0 aliphatic heterocycles. The normalized spacial score (nSPS) is 10.2. The molecule has 0 aromatic heterocycles. The van der Waals surface area contributed by atoms with Gasteiger partial charge < -0.3 is 19.7 Å². The van der Waals surface area contributed by atoms with Crippen molar-refractivity contribution in [2.24, 2.45) is 0 Å². The Hall–Kier alpha value is -3.35. The molecular weight excluding hydrogens is 372 g/mol. The minimum Gasteiger partial charge on any atom is -0.493 e. The molecular formula is C22H26N2O5. The summed E-state index contributed by atoms with van der Waals surface area (Å²) in [5.74, 6) is 0.754. The summed E-state index contributed by atoms with van der Waals surface area (Å²) in [6.07, 6.45) is 0.181. The lowest BCUT2D eigenvalue weighted by molar-refractivity contribution is -0.121. The van der Waals surface area contributed by atoms with E-state index in [0.29, 0.717) is 29.3 Å². The zero-order valence-corrected chi connectivity index (χ0v) is 17.2. The predicted molar refractivity (Wildman–Crippen MR) is 111 cm³/mol. The lowest BCUT2D eigenvalue weighted by Crippen LogP contribution is -2.38. The van der Waals surface area contributed by atoms with Crippen LogP contribution in [0.2, 0.25) is 0 Å². The lowest BCUT2D eigenvalue weighted by atomic mass is 10.1. The van der Waals surface area contributed by atoms with Gasteiger partial charge in [-0.2, -0.15) is 0 Å². The number of carbonyl (C=O) groups is 3. The van der Waals surface area contributed by atoms with Crippen LogP contribution in [0.3, 0.4) is 0 Å². The van der Waals surface area contributed by atoms with Crippen molar-refractivity contribution in [3.05, 3.63) is 53.6 Å². The van der Waals surface area contributed by atoms with Gasteiger partial charge in [0.05, 0.1) is 20.6 Å². The summed E-state index contributed by atoms with van der Waals surface area (Å²) < 4.78 is 10.4. The van der Waals surface area contributed by atoms with Crippen molar-refractivity contribution in [3.8, 4) is 11.5 Å². The van der Waals surface area contributed by atoms with E-state index < -0.39 is 0 Å². The fourth-order valence-electron chi connectivity index (χ4n) is 2.91. The van der Waals surface area contributed by atoms with Crippen molar-refractivity contribution >= 4 is 23.3 Å². The predicted octanol–water partition coefficient (Wildman–Crippen LogP) is 2.62. The summed E-state index contributed by atoms with van der Waals surface area (Å²) in [5.41, 5.74) is 1.95. The van der Waals surface area contributed by atoms with Crippen LogP contribution in [0.4, 0.5) is 5.69 Å². The molecule has 0 bridgehead atoms. The minimum absolute atomic E-state index is 0.0708. The van der Waals surface area contributed by atoms with E-state index in [-0.39, 0.29) is 30.6 Å². The minimum atomic E-state index is -0.168. The number of rotatable bonds is 9. The SMILES string of the molecule is COc1ccc(CC(=O)NCCN(C(C)=O)c2cccc(C(C)=O)c2)cc1OC. The molecule has 7 heteroatoms. The van der Waals surface area contributed by atoms with Crippen LogP contribution in [0.25, 0.3) is 0 Å². The maximum atomic E-state index is 12.3. The van der Waals surface area contributed by atoms with Gasteiger partial charge in [-0.3, -0.25) is 14.4 Å². The van der Waals surface area contributed by atoms with Gasteiger partial charge in [-0.05, 0) is 36.8 Å². The molecule has 0 spiro atoms. The van der Waals surface area contributed by atoms with Crippen molar-refractivity contribution in [2.45, 2.75) is 20.3 Å². The first-order valence-corrected chi connectivity index (χ1v) is 9.22. The van der Waals surface area contributed by atoms with Crippen LogP contribution in [0.1, 0.15) is 29.8 Å². The number of methoxy groups -OCH3 is 2. The van der Waals surface area contributed by atoms with Gasteiger partial charge in [-0.25, -0.2) is 0 Å². The molecule has 0 saturated heterocycles. The van der Waals surface area contributed by atoms with Crippen molar-refractivity contribution in [1.82, 2.24) is 5.32 Å². The first-order valence-electron chi connectivity index (χ1n) is 9.22. The number of hydrogen-bond acceptors (Lipinski definition) is 5. The van der Waals surface area contributed by atoms with Gasteiger partial charge in [-0.15, -0.1) is 0 Å². The van der Waals surface area contributed by atoms with E-state index in [0.717, 1.165) is 5.56 Å². The maximum absolute atomic E-state index is 12.3. The van der Waals surface area contributed by atoms with Gasteiger partial charge in [0, 0.05) is 31.3 Å². The van der Waals surface area contributed by atoms with Crippen LogP contribution in [-0.2, 0) is 16.0 Å². The molecule has 0 radical (unpaired) electrons. The number of ether oxygens (including phenoxy) is 2. The van der Waals surface area contributed by atoms with Crippen LogP contribution in [0.5, 0.6) is 11.5 Å². The number of nitrogens with zero attached hydrogens (tertiary/aromatic N) is 1. The number of Topliss-reactive ketones (excluding diaryl/α,β-unsaturated/α-hetero) is 1. The largest absolute Gasteiger partial charge is 0.493 e. The average molecular weight is 398 g/mol. The van der Waals surface area contributed by atoms with Crippen molar-refractivity contribution < 1.29 is 23.9 Å². The summed E-state index contributed by atoms with van der Waals surface area (Å²) in [5, 5.41) is 2.82. The summed E-state index contributed by atoms with van der Waals surface area (Å²) in [4.78, 5) is 37.4. The molecule has 0 saturated carbocycles. The van der Waals surface area contributed by atoms with Gasteiger partial charge in [-0.1, -0.05) is 18.2 Å². The summed E-state index contributed by atoms with van der Waals surface area (Å²) in [7, 11) is 3.09. The van der Waals surface area contributed by atoms with E-state index in [1.807, 2.05) is 0 Å². The third-order valence-corrected chi connectivity index (χ3v) is 4.41. The molecule has 0 unspecified atom stereocenters. The summed E-state index contributed by atoms with van der Waals surface area (Å²) in [6.45, 7) is 3.52.